The molecule has 2 atom stereocenters. The Morgan fingerprint density at radius 3 is 2.69 bits per heavy atom. The molecule has 2 aliphatic heterocycles. The molecule has 1 saturated heterocycles. The largest absolute Gasteiger partial charge is 0.457 e. The van der Waals surface area contributed by atoms with Crippen molar-refractivity contribution >= 4 is 11.6 Å². The van der Waals surface area contributed by atoms with E-state index in [0.717, 1.165) is 67.9 Å². The smallest absolute Gasteiger partial charge is 0.197 e. The van der Waals surface area contributed by atoms with Gasteiger partial charge in [0.25, 0.3) is 0 Å². The number of guanidine groups is 1. The average Bonchev–Trinajstić information content (AvgIpc) is 3.42. The summed E-state index contributed by atoms with van der Waals surface area (Å²) in [6.07, 6.45) is 10.2. The fourth-order valence-corrected chi connectivity index (χ4v) is 5.98. The lowest BCUT2D eigenvalue weighted by Gasteiger charge is -2.39. The number of benzene rings is 2. The van der Waals surface area contributed by atoms with Crippen LogP contribution < -0.4 is 10.5 Å². The van der Waals surface area contributed by atoms with Crippen LogP contribution in [0.5, 0.6) is 11.5 Å². The Balaban J connectivity index is 1.27. The molecule has 2 heterocycles. The maximum Gasteiger partial charge on any atom is 0.197 e. The summed E-state index contributed by atoms with van der Waals surface area (Å²) in [5.41, 5.74) is 8.67. The summed E-state index contributed by atoms with van der Waals surface area (Å²) in [6, 6.07) is 17.1. The number of nitrogens with zero attached hydrogens (tertiary/aromatic N) is 3. The summed E-state index contributed by atoms with van der Waals surface area (Å²) in [7, 11) is 2.31. The van der Waals surface area contributed by atoms with Crippen molar-refractivity contribution < 1.29 is 9.47 Å². The summed E-state index contributed by atoms with van der Waals surface area (Å²) >= 11 is 0. The van der Waals surface area contributed by atoms with Gasteiger partial charge >= 0.3 is 0 Å². The second-order valence-corrected chi connectivity index (χ2v) is 10.4. The van der Waals surface area contributed by atoms with E-state index in [2.05, 4.69) is 22.9 Å². The lowest BCUT2D eigenvalue weighted by atomic mass is 9.91. The van der Waals surface area contributed by atoms with E-state index in [1.807, 2.05) is 42.5 Å². The zero-order valence-electron chi connectivity index (χ0n) is 21.1. The number of hydrogen-bond acceptors (Lipinski definition) is 6. The Hall–Kier alpha value is -2.57. The number of hydrogen-bond donors (Lipinski definition) is 1. The molecule has 1 aliphatic carbocycles. The maximum atomic E-state index is 6.57. The van der Waals surface area contributed by atoms with Crippen LogP contribution in [-0.4, -0.2) is 54.6 Å². The molecule has 0 spiro atoms. The highest BCUT2D eigenvalue weighted by Crippen LogP contribution is 2.35. The van der Waals surface area contributed by atoms with Crippen LogP contribution in [0.2, 0.25) is 0 Å². The molecule has 6 heteroatoms. The minimum Gasteiger partial charge on any atom is -0.457 e. The van der Waals surface area contributed by atoms with E-state index in [-0.39, 0.29) is 0 Å². The fourth-order valence-electron chi connectivity index (χ4n) is 5.98. The van der Waals surface area contributed by atoms with Gasteiger partial charge in [-0.1, -0.05) is 37.5 Å². The van der Waals surface area contributed by atoms with Crippen molar-refractivity contribution in [1.82, 2.24) is 9.80 Å². The number of rotatable bonds is 9. The first-order chi connectivity index (χ1) is 17.2. The van der Waals surface area contributed by atoms with Crippen LogP contribution in [0.15, 0.2) is 53.5 Å². The van der Waals surface area contributed by atoms with Crippen LogP contribution in [0, 0.1) is 5.92 Å². The molecule has 0 amide bonds. The lowest BCUT2D eigenvalue weighted by Crippen LogP contribution is -2.49. The zero-order chi connectivity index (χ0) is 24.0. The van der Waals surface area contributed by atoms with Crippen molar-refractivity contribution in [3.8, 4) is 11.5 Å². The summed E-state index contributed by atoms with van der Waals surface area (Å²) in [5, 5.41) is 0. The highest BCUT2D eigenvalue weighted by Gasteiger charge is 2.33. The van der Waals surface area contributed by atoms with E-state index >= 15 is 0 Å². The standard InChI is InChI=1S/C29H40N4O2/c1-32(24-9-4-2-5-10-24)17-8-13-28(22-16-18-34-21-22)33-20-23-19-26(14-15-27(23)31-29(33)30)35-25-11-6-3-7-12-25/h3,6-7,11-12,14-15,19,22,24,28H,2,4-5,8-10,13,16-18,20-21H2,1H3,(H2,30,31). The molecule has 2 N–H and O–H groups in total. The van der Waals surface area contributed by atoms with Gasteiger partial charge in [0.05, 0.1) is 12.3 Å². The van der Waals surface area contributed by atoms with Crippen molar-refractivity contribution in [2.45, 2.75) is 70.0 Å². The van der Waals surface area contributed by atoms with Gasteiger partial charge in [0.1, 0.15) is 11.5 Å². The summed E-state index contributed by atoms with van der Waals surface area (Å²) < 4.78 is 11.9. The van der Waals surface area contributed by atoms with E-state index in [4.69, 9.17) is 20.2 Å². The van der Waals surface area contributed by atoms with Gasteiger partial charge < -0.3 is 25.0 Å². The van der Waals surface area contributed by atoms with Crippen LogP contribution in [0.25, 0.3) is 0 Å². The Morgan fingerprint density at radius 1 is 1.09 bits per heavy atom. The number of aliphatic imine (C=N–C) groups is 1. The normalized spacial score (nSPS) is 21.6. The molecular weight excluding hydrogens is 436 g/mol. The molecule has 0 radical (unpaired) electrons. The lowest BCUT2D eigenvalue weighted by molar-refractivity contribution is 0.139. The molecule has 5 rings (SSSR count). The molecule has 2 aromatic rings. The van der Waals surface area contributed by atoms with Gasteiger partial charge in [-0.05, 0) is 76.0 Å². The molecule has 0 aromatic heterocycles. The van der Waals surface area contributed by atoms with E-state index in [1.54, 1.807) is 0 Å². The zero-order valence-corrected chi connectivity index (χ0v) is 21.1. The van der Waals surface area contributed by atoms with Crippen LogP contribution in [0.4, 0.5) is 5.69 Å². The summed E-state index contributed by atoms with van der Waals surface area (Å²) in [5.74, 6) is 2.80. The van der Waals surface area contributed by atoms with E-state index in [9.17, 15) is 0 Å². The van der Waals surface area contributed by atoms with Crippen molar-refractivity contribution in [3.05, 3.63) is 54.1 Å². The molecule has 2 fully saturated rings. The third-order valence-corrected chi connectivity index (χ3v) is 8.02. The first-order valence-corrected chi connectivity index (χ1v) is 13.4. The van der Waals surface area contributed by atoms with Gasteiger partial charge in [0.2, 0.25) is 0 Å². The summed E-state index contributed by atoms with van der Waals surface area (Å²) in [6.45, 7) is 3.57. The van der Waals surface area contributed by atoms with Gasteiger partial charge in [-0.3, -0.25) is 0 Å². The first-order valence-electron chi connectivity index (χ1n) is 13.4. The van der Waals surface area contributed by atoms with Crippen molar-refractivity contribution in [3.63, 3.8) is 0 Å². The van der Waals surface area contributed by atoms with Crippen LogP contribution in [0.1, 0.15) is 56.9 Å². The first kappa shape index (κ1) is 24.1. The molecule has 35 heavy (non-hydrogen) atoms. The van der Waals surface area contributed by atoms with Gasteiger partial charge in [-0.2, -0.15) is 0 Å². The van der Waals surface area contributed by atoms with Crippen LogP contribution in [-0.2, 0) is 11.3 Å². The molecule has 2 unspecified atom stereocenters. The maximum absolute atomic E-state index is 6.57. The van der Waals surface area contributed by atoms with E-state index in [0.29, 0.717) is 17.9 Å². The Kier molecular flexibility index (Phi) is 7.89. The minimum atomic E-state index is 0.341. The Bertz CT molecular complexity index is 983. The van der Waals surface area contributed by atoms with Crippen LogP contribution in [0.3, 0.4) is 0 Å². The van der Waals surface area contributed by atoms with Gasteiger partial charge in [-0.15, -0.1) is 0 Å². The number of para-hydroxylation sites is 1. The average molecular weight is 477 g/mol. The molecule has 0 bridgehead atoms. The molecule has 1 saturated carbocycles. The number of fused-ring (bicyclic) bond motifs is 1. The Morgan fingerprint density at radius 2 is 1.91 bits per heavy atom. The predicted octanol–water partition coefficient (Wildman–Crippen LogP) is 5.69. The van der Waals surface area contributed by atoms with Gasteiger partial charge in [0.15, 0.2) is 5.96 Å². The number of ether oxygens (including phenoxy) is 2. The molecule has 3 aliphatic rings. The molecule has 6 nitrogen and oxygen atoms in total. The second kappa shape index (κ2) is 11.4. The molecule has 188 valence electrons. The topological polar surface area (TPSA) is 63.3 Å². The quantitative estimate of drug-likeness (QED) is 0.504. The third kappa shape index (κ3) is 5.99. The van der Waals surface area contributed by atoms with E-state index in [1.165, 1.54) is 38.5 Å². The van der Waals surface area contributed by atoms with Gasteiger partial charge in [-0.25, -0.2) is 4.99 Å². The van der Waals surface area contributed by atoms with Crippen molar-refractivity contribution in [2.24, 2.45) is 16.6 Å². The van der Waals surface area contributed by atoms with Crippen LogP contribution >= 0.6 is 0 Å². The number of nitrogens with two attached hydrogens (primary N) is 1. The monoisotopic (exact) mass is 476 g/mol. The third-order valence-electron chi connectivity index (χ3n) is 8.02. The fraction of sp³-hybridized carbons (Fsp3) is 0.552. The minimum absolute atomic E-state index is 0.341. The van der Waals surface area contributed by atoms with E-state index < -0.39 is 0 Å². The SMILES string of the molecule is CN(CCCC(C1CCOC1)N1Cc2cc(Oc3ccccc3)ccc2N=C1N)C1CCCCC1. The highest BCUT2D eigenvalue weighted by molar-refractivity contribution is 5.84. The molecule has 2 aromatic carbocycles. The van der Waals surface area contributed by atoms with Gasteiger partial charge in [0, 0.05) is 36.7 Å². The summed E-state index contributed by atoms with van der Waals surface area (Å²) in [4.78, 5) is 9.72. The Labute approximate surface area is 210 Å². The second-order valence-electron chi connectivity index (χ2n) is 10.4. The highest BCUT2D eigenvalue weighted by atomic mass is 16.5. The van der Waals surface area contributed by atoms with Crippen molar-refractivity contribution in [1.29, 1.82) is 0 Å². The predicted molar refractivity (Wildman–Crippen MR) is 141 cm³/mol. The molecular formula is C29H40N4O2. The van der Waals surface area contributed by atoms with Crippen molar-refractivity contribution in [2.75, 3.05) is 26.8 Å².